The zero-order valence-corrected chi connectivity index (χ0v) is 21.3. The smallest absolute Gasteiger partial charge is 0.257 e. The van der Waals surface area contributed by atoms with Gasteiger partial charge >= 0.3 is 0 Å². The first-order chi connectivity index (χ1) is 17.9. The lowest BCUT2D eigenvalue weighted by atomic mass is 10.0. The average molecular weight is 503 g/mol. The molecule has 0 N–H and O–H groups in total. The maximum Gasteiger partial charge on any atom is 0.257 e. The number of nitrogens with zero attached hydrogens (tertiary/aromatic N) is 2. The molecule has 8 nitrogen and oxygen atoms in total. The average Bonchev–Trinajstić information content (AvgIpc) is 3.22. The topological polar surface area (TPSA) is 85.4 Å². The van der Waals surface area contributed by atoms with Crippen LogP contribution < -0.4 is 19.1 Å². The second-order valence-electron chi connectivity index (χ2n) is 8.58. The maximum atomic E-state index is 14.0. The molecule has 0 radical (unpaired) electrons. The van der Waals surface area contributed by atoms with E-state index in [4.69, 9.17) is 14.2 Å². The molecular formula is C29H30N2O6. The molecule has 4 rings (SSSR count). The van der Waals surface area contributed by atoms with Gasteiger partial charge in [0, 0.05) is 5.56 Å². The molecule has 3 aromatic carbocycles. The van der Waals surface area contributed by atoms with Crippen molar-refractivity contribution in [3.8, 4) is 17.2 Å². The zero-order chi connectivity index (χ0) is 26.5. The number of hydrogen-bond donors (Lipinski definition) is 0. The summed E-state index contributed by atoms with van der Waals surface area (Å²) in [5.41, 5.74) is 1.60. The number of imide groups is 1. The number of amides is 3. The fraction of sp³-hybridized carbons (Fsp3) is 0.276. The van der Waals surface area contributed by atoms with E-state index in [0.717, 1.165) is 10.5 Å². The van der Waals surface area contributed by atoms with Crippen LogP contribution in [0.2, 0.25) is 0 Å². The van der Waals surface area contributed by atoms with Gasteiger partial charge < -0.3 is 19.1 Å². The molecule has 1 aliphatic rings. The minimum Gasteiger partial charge on any atom is -0.494 e. The molecular weight excluding hydrogens is 472 g/mol. The van der Waals surface area contributed by atoms with E-state index in [0.29, 0.717) is 35.1 Å². The van der Waals surface area contributed by atoms with Gasteiger partial charge in [0.15, 0.2) is 11.5 Å². The van der Waals surface area contributed by atoms with Crippen LogP contribution in [0.4, 0.5) is 5.69 Å². The van der Waals surface area contributed by atoms with E-state index in [9.17, 15) is 14.4 Å². The highest BCUT2D eigenvalue weighted by Gasteiger charge is 2.46. The summed E-state index contributed by atoms with van der Waals surface area (Å²) < 4.78 is 16.2. The highest BCUT2D eigenvalue weighted by atomic mass is 16.5. The molecule has 3 amide bonds. The molecule has 192 valence electrons. The van der Waals surface area contributed by atoms with Crippen molar-refractivity contribution in [2.75, 3.05) is 25.7 Å². The fourth-order valence-corrected chi connectivity index (χ4v) is 4.56. The predicted molar refractivity (Wildman–Crippen MR) is 139 cm³/mol. The molecule has 2 atom stereocenters. The summed E-state index contributed by atoms with van der Waals surface area (Å²) in [4.78, 5) is 43.4. The largest absolute Gasteiger partial charge is 0.494 e. The molecule has 3 aromatic rings. The molecule has 8 heteroatoms. The summed E-state index contributed by atoms with van der Waals surface area (Å²) in [6.45, 7) is 4.24. The summed E-state index contributed by atoms with van der Waals surface area (Å²) in [6, 6.07) is 19.6. The van der Waals surface area contributed by atoms with Gasteiger partial charge in [-0.1, -0.05) is 30.3 Å². The van der Waals surface area contributed by atoms with Crippen molar-refractivity contribution in [1.82, 2.24) is 4.90 Å². The van der Waals surface area contributed by atoms with Crippen molar-refractivity contribution < 1.29 is 28.6 Å². The second kappa shape index (κ2) is 11.2. The molecule has 37 heavy (non-hydrogen) atoms. The van der Waals surface area contributed by atoms with Crippen molar-refractivity contribution >= 4 is 23.4 Å². The SMILES string of the molecule is CCOc1ccc(N2C(=O)CC(N(C(=O)c3ccc(OC)c(OC)c3)C(C)c3ccccc3)C2=O)cc1. The number of carbonyl (C=O) groups is 3. The quantitative estimate of drug-likeness (QED) is 0.397. The first kappa shape index (κ1) is 25.8. The number of benzene rings is 3. The Balaban J connectivity index is 1.72. The molecule has 0 aliphatic carbocycles. The number of carbonyl (C=O) groups excluding carboxylic acids is 3. The molecule has 0 saturated carbocycles. The Hall–Kier alpha value is -4.33. The molecule has 0 spiro atoms. The van der Waals surface area contributed by atoms with Crippen LogP contribution in [0, 0.1) is 0 Å². The second-order valence-corrected chi connectivity index (χ2v) is 8.58. The Morgan fingerprint density at radius 3 is 2.27 bits per heavy atom. The van der Waals surface area contributed by atoms with Gasteiger partial charge in [0.05, 0.1) is 39.0 Å². The minimum atomic E-state index is -0.977. The lowest BCUT2D eigenvalue weighted by Crippen LogP contribution is -2.46. The van der Waals surface area contributed by atoms with Crippen molar-refractivity contribution in [3.63, 3.8) is 0 Å². The Kier molecular flexibility index (Phi) is 7.77. The predicted octanol–water partition coefficient (Wildman–Crippen LogP) is 4.64. The molecule has 1 fully saturated rings. The Bertz CT molecular complexity index is 1280. The van der Waals surface area contributed by atoms with Crippen LogP contribution in [-0.2, 0) is 9.59 Å². The third kappa shape index (κ3) is 5.14. The monoisotopic (exact) mass is 502 g/mol. The summed E-state index contributed by atoms with van der Waals surface area (Å²) >= 11 is 0. The third-order valence-corrected chi connectivity index (χ3v) is 6.43. The fourth-order valence-electron chi connectivity index (χ4n) is 4.56. The molecule has 0 aromatic heterocycles. The molecule has 1 aliphatic heterocycles. The van der Waals surface area contributed by atoms with Crippen LogP contribution in [-0.4, -0.2) is 49.5 Å². The van der Waals surface area contributed by atoms with Crippen LogP contribution in [0.15, 0.2) is 72.8 Å². The van der Waals surface area contributed by atoms with Gasteiger partial charge in [-0.15, -0.1) is 0 Å². The van der Waals surface area contributed by atoms with E-state index < -0.39 is 23.9 Å². The van der Waals surface area contributed by atoms with E-state index in [-0.39, 0.29) is 12.3 Å². The number of ether oxygens (including phenoxy) is 3. The van der Waals surface area contributed by atoms with Crippen LogP contribution in [0.5, 0.6) is 17.2 Å². The van der Waals surface area contributed by atoms with Gasteiger partial charge in [0.2, 0.25) is 5.91 Å². The Morgan fingerprint density at radius 1 is 0.973 bits per heavy atom. The minimum absolute atomic E-state index is 0.123. The van der Waals surface area contributed by atoms with Crippen LogP contribution in [0.3, 0.4) is 0 Å². The number of anilines is 1. The highest BCUT2D eigenvalue weighted by molar-refractivity contribution is 6.23. The van der Waals surface area contributed by atoms with Crippen molar-refractivity contribution in [1.29, 1.82) is 0 Å². The molecule has 1 saturated heterocycles. The lowest BCUT2D eigenvalue weighted by molar-refractivity contribution is -0.122. The number of rotatable bonds is 9. The maximum absolute atomic E-state index is 14.0. The normalized spacial score (nSPS) is 15.9. The first-order valence-corrected chi connectivity index (χ1v) is 12.1. The molecule has 0 bridgehead atoms. The van der Waals surface area contributed by atoms with Gasteiger partial charge in [-0.05, 0) is 61.9 Å². The summed E-state index contributed by atoms with van der Waals surface area (Å²) in [7, 11) is 3.01. The van der Waals surface area contributed by atoms with Crippen LogP contribution >= 0.6 is 0 Å². The lowest BCUT2D eigenvalue weighted by Gasteiger charge is -2.34. The molecule has 1 heterocycles. The number of methoxy groups -OCH3 is 2. The zero-order valence-electron chi connectivity index (χ0n) is 21.3. The van der Waals surface area contributed by atoms with Crippen molar-refractivity contribution in [2.24, 2.45) is 0 Å². The van der Waals surface area contributed by atoms with Crippen LogP contribution in [0.25, 0.3) is 0 Å². The van der Waals surface area contributed by atoms with Crippen LogP contribution in [0.1, 0.15) is 42.2 Å². The van der Waals surface area contributed by atoms with Crippen molar-refractivity contribution in [2.45, 2.75) is 32.4 Å². The van der Waals surface area contributed by atoms with E-state index in [2.05, 4.69) is 0 Å². The van der Waals surface area contributed by atoms with E-state index in [1.807, 2.05) is 44.2 Å². The number of hydrogen-bond acceptors (Lipinski definition) is 6. The van der Waals surface area contributed by atoms with E-state index >= 15 is 0 Å². The van der Waals surface area contributed by atoms with Gasteiger partial charge in [0.25, 0.3) is 11.8 Å². The van der Waals surface area contributed by atoms with E-state index in [1.54, 1.807) is 42.5 Å². The van der Waals surface area contributed by atoms with Gasteiger partial charge in [-0.3, -0.25) is 14.4 Å². The standard InChI is InChI=1S/C29H30N2O6/c1-5-37-23-14-12-22(13-15-23)31-27(32)18-24(29(31)34)30(19(2)20-9-7-6-8-10-20)28(33)21-11-16-25(35-3)26(17-21)36-4/h6-17,19,24H,5,18H2,1-4H3. The molecule has 2 unspecified atom stereocenters. The van der Waals surface area contributed by atoms with Crippen molar-refractivity contribution in [3.05, 3.63) is 83.9 Å². The first-order valence-electron chi connectivity index (χ1n) is 12.1. The Labute approximate surface area is 216 Å². The Morgan fingerprint density at radius 2 is 1.65 bits per heavy atom. The highest BCUT2D eigenvalue weighted by Crippen LogP contribution is 2.35. The summed E-state index contributed by atoms with van der Waals surface area (Å²) in [5, 5.41) is 0. The summed E-state index contributed by atoms with van der Waals surface area (Å²) in [5.74, 6) is 0.304. The van der Waals surface area contributed by atoms with Gasteiger partial charge in [-0.25, -0.2) is 4.90 Å². The van der Waals surface area contributed by atoms with E-state index in [1.165, 1.54) is 19.1 Å². The van der Waals surface area contributed by atoms with Gasteiger partial charge in [-0.2, -0.15) is 0 Å². The van der Waals surface area contributed by atoms with Gasteiger partial charge in [0.1, 0.15) is 11.8 Å². The third-order valence-electron chi connectivity index (χ3n) is 6.43. The summed E-state index contributed by atoms with van der Waals surface area (Å²) in [6.07, 6.45) is -0.123.